The molecular weight excluding hydrogens is 224 g/mol. The molecule has 0 aromatic heterocycles. The highest BCUT2D eigenvalue weighted by molar-refractivity contribution is 5.02. The predicted octanol–water partition coefficient (Wildman–Crippen LogP) is 4.01. The number of unbranched alkanes of at least 4 members (excludes halogenated alkanes) is 1. The van der Waals surface area contributed by atoms with Gasteiger partial charge in [-0.25, -0.2) is 0 Å². The molecule has 1 aliphatic carbocycles. The molecule has 1 saturated carbocycles. The van der Waals surface area contributed by atoms with E-state index in [0.29, 0.717) is 25.2 Å². The first-order chi connectivity index (χ1) is 8.65. The first-order valence-corrected chi connectivity index (χ1v) is 7.27. The zero-order valence-corrected chi connectivity index (χ0v) is 12.3. The summed E-state index contributed by atoms with van der Waals surface area (Å²) in [5.74, 6) is 1.33. The van der Waals surface area contributed by atoms with Crippen LogP contribution in [-0.4, -0.2) is 25.9 Å². The Balaban J connectivity index is 2.22. The summed E-state index contributed by atoms with van der Waals surface area (Å²) in [7, 11) is 0. The van der Waals surface area contributed by atoms with Crippen LogP contribution in [0, 0.1) is 18.3 Å². The molecule has 0 heterocycles. The fraction of sp³-hybridized carbons (Fsp3) is 0.812. The van der Waals surface area contributed by atoms with E-state index < -0.39 is 0 Å². The molecule has 1 aliphatic rings. The van der Waals surface area contributed by atoms with Crippen LogP contribution in [-0.2, 0) is 9.47 Å². The molecule has 0 spiro atoms. The molecule has 0 amide bonds. The molecule has 0 aliphatic heterocycles. The number of ether oxygens (including phenoxy) is 2. The van der Waals surface area contributed by atoms with E-state index >= 15 is 0 Å². The van der Waals surface area contributed by atoms with Gasteiger partial charge in [0.05, 0.1) is 19.3 Å². The van der Waals surface area contributed by atoms with Crippen LogP contribution >= 0.6 is 0 Å². The zero-order valence-electron chi connectivity index (χ0n) is 12.3. The fourth-order valence-electron chi connectivity index (χ4n) is 2.64. The maximum Gasteiger partial charge on any atom is 0.0704 e. The molecule has 1 radical (unpaired) electrons. The summed E-state index contributed by atoms with van der Waals surface area (Å²) >= 11 is 0. The van der Waals surface area contributed by atoms with Crippen molar-refractivity contribution in [1.82, 2.24) is 0 Å². The van der Waals surface area contributed by atoms with Gasteiger partial charge in [-0.2, -0.15) is 0 Å². The van der Waals surface area contributed by atoms with Crippen LogP contribution in [0.15, 0.2) is 12.2 Å². The highest BCUT2D eigenvalue weighted by Crippen LogP contribution is 2.34. The molecule has 18 heavy (non-hydrogen) atoms. The van der Waals surface area contributed by atoms with Crippen LogP contribution in [0.4, 0.5) is 0 Å². The maximum absolute atomic E-state index is 6.01. The second-order valence-corrected chi connectivity index (χ2v) is 5.59. The molecule has 3 unspecified atom stereocenters. The van der Waals surface area contributed by atoms with E-state index in [1.54, 1.807) is 0 Å². The average molecular weight is 253 g/mol. The molecule has 0 aromatic carbocycles. The lowest BCUT2D eigenvalue weighted by Gasteiger charge is -2.35. The van der Waals surface area contributed by atoms with Gasteiger partial charge in [-0.05, 0) is 44.9 Å². The Labute approximate surface area is 113 Å². The smallest absolute Gasteiger partial charge is 0.0704 e. The normalized spacial score (nSPS) is 28.3. The highest BCUT2D eigenvalue weighted by Gasteiger charge is 2.29. The van der Waals surface area contributed by atoms with Gasteiger partial charge in [0.1, 0.15) is 0 Å². The van der Waals surface area contributed by atoms with Crippen molar-refractivity contribution >= 4 is 0 Å². The van der Waals surface area contributed by atoms with Crippen LogP contribution in [0.3, 0.4) is 0 Å². The van der Waals surface area contributed by atoms with Gasteiger partial charge in [-0.15, -0.1) is 0 Å². The number of rotatable bonds is 8. The highest BCUT2D eigenvalue weighted by atomic mass is 16.5. The molecule has 0 aromatic rings. The van der Waals surface area contributed by atoms with Crippen LogP contribution < -0.4 is 0 Å². The Hall–Kier alpha value is -0.340. The Kier molecular flexibility index (Phi) is 7.60. The molecule has 3 atom stereocenters. The summed E-state index contributed by atoms with van der Waals surface area (Å²) in [6, 6.07) is 0. The Morgan fingerprint density at radius 3 is 2.72 bits per heavy atom. The van der Waals surface area contributed by atoms with Crippen LogP contribution in [0.25, 0.3) is 0 Å². The van der Waals surface area contributed by atoms with Crippen molar-refractivity contribution in [1.29, 1.82) is 0 Å². The van der Waals surface area contributed by atoms with Crippen LogP contribution in [0.2, 0.25) is 0 Å². The predicted molar refractivity (Wildman–Crippen MR) is 76.5 cm³/mol. The van der Waals surface area contributed by atoms with Gasteiger partial charge in [-0.3, -0.25) is 0 Å². The van der Waals surface area contributed by atoms with Gasteiger partial charge >= 0.3 is 0 Å². The Morgan fingerprint density at radius 1 is 1.28 bits per heavy atom. The zero-order chi connectivity index (χ0) is 13.4. The Morgan fingerprint density at radius 2 is 2.06 bits per heavy atom. The first-order valence-electron chi connectivity index (χ1n) is 7.27. The summed E-state index contributed by atoms with van der Waals surface area (Å²) < 4.78 is 11.5. The summed E-state index contributed by atoms with van der Waals surface area (Å²) in [5.41, 5.74) is 1.27. The van der Waals surface area contributed by atoms with Gasteiger partial charge in [0.2, 0.25) is 0 Å². The number of hydrogen-bond donors (Lipinski definition) is 0. The maximum atomic E-state index is 6.01. The standard InChI is InChI=1S/C16H29O2/c1-5-6-9-17-10-11-18-16-12-14(4)7-8-15(16)13(2)3/h5,14-16H,2,6-12H2,1,3-4H3. The summed E-state index contributed by atoms with van der Waals surface area (Å²) in [4.78, 5) is 0. The van der Waals surface area contributed by atoms with Crippen molar-refractivity contribution < 1.29 is 9.47 Å². The molecule has 1 rings (SSSR count). The fourth-order valence-corrected chi connectivity index (χ4v) is 2.64. The number of hydrogen-bond acceptors (Lipinski definition) is 2. The monoisotopic (exact) mass is 253 g/mol. The van der Waals surface area contributed by atoms with Gasteiger partial charge < -0.3 is 9.47 Å². The van der Waals surface area contributed by atoms with Crippen molar-refractivity contribution in [2.45, 2.75) is 52.6 Å². The molecular formula is C16H29O2. The molecule has 0 N–H and O–H groups in total. The minimum Gasteiger partial charge on any atom is -0.379 e. The summed E-state index contributed by atoms with van der Waals surface area (Å²) in [6.07, 6.45) is 7.20. The molecule has 2 nitrogen and oxygen atoms in total. The van der Waals surface area contributed by atoms with E-state index in [1.165, 1.54) is 24.8 Å². The van der Waals surface area contributed by atoms with Gasteiger partial charge in [-0.1, -0.05) is 26.0 Å². The third-order valence-corrected chi connectivity index (χ3v) is 3.80. The van der Waals surface area contributed by atoms with Crippen molar-refractivity contribution in [3.8, 4) is 0 Å². The van der Waals surface area contributed by atoms with Gasteiger partial charge in [0, 0.05) is 12.5 Å². The molecule has 0 bridgehead atoms. The van der Waals surface area contributed by atoms with Crippen molar-refractivity contribution in [3.05, 3.63) is 18.6 Å². The lowest BCUT2D eigenvalue weighted by Crippen LogP contribution is -2.32. The first kappa shape index (κ1) is 15.7. The van der Waals surface area contributed by atoms with E-state index in [4.69, 9.17) is 9.47 Å². The minimum absolute atomic E-state index is 0.354. The third kappa shape index (κ3) is 5.53. The average Bonchev–Trinajstić information content (AvgIpc) is 2.33. The van der Waals surface area contributed by atoms with E-state index in [0.717, 1.165) is 18.9 Å². The van der Waals surface area contributed by atoms with E-state index in [9.17, 15) is 0 Å². The lowest BCUT2D eigenvalue weighted by atomic mass is 9.78. The SMILES string of the molecule is C=C(C)C1CCC(C)CC1OCCOCC[CH]C. The van der Waals surface area contributed by atoms with Gasteiger partial charge in [0.15, 0.2) is 0 Å². The largest absolute Gasteiger partial charge is 0.379 e. The Bertz CT molecular complexity index is 237. The third-order valence-electron chi connectivity index (χ3n) is 3.80. The second kappa shape index (κ2) is 8.71. The van der Waals surface area contributed by atoms with Crippen LogP contribution in [0.1, 0.15) is 46.5 Å². The quantitative estimate of drug-likeness (QED) is 0.480. The summed E-state index contributed by atoms with van der Waals surface area (Å²) in [5, 5.41) is 0. The molecule has 1 fully saturated rings. The van der Waals surface area contributed by atoms with Crippen molar-refractivity contribution in [2.75, 3.05) is 19.8 Å². The van der Waals surface area contributed by atoms with E-state index in [2.05, 4.69) is 33.8 Å². The molecule has 2 heteroatoms. The van der Waals surface area contributed by atoms with Gasteiger partial charge in [0.25, 0.3) is 0 Å². The van der Waals surface area contributed by atoms with Crippen molar-refractivity contribution in [3.63, 3.8) is 0 Å². The topological polar surface area (TPSA) is 18.5 Å². The minimum atomic E-state index is 0.354. The summed E-state index contributed by atoms with van der Waals surface area (Å²) in [6.45, 7) is 12.8. The lowest BCUT2D eigenvalue weighted by molar-refractivity contribution is -0.0381. The van der Waals surface area contributed by atoms with E-state index in [1.807, 2.05) is 0 Å². The molecule has 0 saturated heterocycles. The molecule has 105 valence electrons. The van der Waals surface area contributed by atoms with Crippen LogP contribution in [0.5, 0.6) is 0 Å². The van der Waals surface area contributed by atoms with E-state index in [-0.39, 0.29) is 0 Å². The van der Waals surface area contributed by atoms with Crippen molar-refractivity contribution in [2.24, 2.45) is 11.8 Å². The second-order valence-electron chi connectivity index (χ2n) is 5.59.